The van der Waals surface area contributed by atoms with Crippen LogP contribution in [-0.4, -0.2) is 7.05 Å². The first kappa shape index (κ1) is 15.7. The summed E-state index contributed by atoms with van der Waals surface area (Å²) >= 11 is 0. The van der Waals surface area contributed by atoms with Crippen molar-refractivity contribution < 1.29 is 4.39 Å². The molecule has 112 valence electrons. The van der Waals surface area contributed by atoms with Crippen LogP contribution >= 0.6 is 0 Å². The lowest BCUT2D eigenvalue weighted by molar-refractivity contribution is 0.621. The molecule has 1 unspecified atom stereocenters. The van der Waals surface area contributed by atoms with Crippen molar-refractivity contribution in [1.82, 2.24) is 5.32 Å². The molecule has 0 amide bonds. The van der Waals surface area contributed by atoms with Gasteiger partial charge < -0.3 is 5.32 Å². The van der Waals surface area contributed by atoms with Gasteiger partial charge in [-0.2, -0.15) is 0 Å². The van der Waals surface area contributed by atoms with Gasteiger partial charge in [0.05, 0.1) is 6.04 Å². The molecule has 2 aromatic rings. The Morgan fingerprint density at radius 2 is 1.71 bits per heavy atom. The Morgan fingerprint density at radius 1 is 1.00 bits per heavy atom. The summed E-state index contributed by atoms with van der Waals surface area (Å²) in [6, 6.07) is 11.8. The van der Waals surface area contributed by atoms with Gasteiger partial charge in [-0.15, -0.1) is 0 Å². The Hall–Kier alpha value is -1.67. The first-order valence-corrected chi connectivity index (χ1v) is 7.65. The molecule has 0 aliphatic rings. The van der Waals surface area contributed by atoms with Crippen molar-refractivity contribution in [3.05, 3.63) is 70.0 Å². The van der Waals surface area contributed by atoms with Gasteiger partial charge >= 0.3 is 0 Å². The quantitative estimate of drug-likeness (QED) is 0.848. The van der Waals surface area contributed by atoms with Crippen molar-refractivity contribution in [3.8, 4) is 0 Å². The van der Waals surface area contributed by atoms with Gasteiger partial charge in [0.1, 0.15) is 5.82 Å². The lowest BCUT2D eigenvalue weighted by Gasteiger charge is -2.21. The highest BCUT2D eigenvalue weighted by molar-refractivity contribution is 5.41. The second kappa shape index (κ2) is 6.86. The number of hydrogen-bond donors (Lipinski definition) is 1. The van der Waals surface area contributed by atoms with Crippen LogP contribution in [-0.2, 0) is 12.8 Å². The minimum absolute atomic E-state index is 0.0989. The van der Waals surface area contributed by atoms with Gasteiger partial charge in [-0.1, -0.05) is 38.1 Å². The third kappa shape index (κ3) is 3.33. The van der Waals surface area contributed by atoms with Crippen LogP contribution in [0.1, 0.15) is 47.7 Å². The topological polar surface area (TPSA) is 12.0 Å². The molecule has 2 heteroatoms. The Kier molecular flexibility index (Phi) is 5.13. The van der Waals surface area contributed by atoms with Crippen LogP contribution in [0.15, 0.2) is 36.4 Å². The predicted molar refractivity (Wildman–Crippen MR) is 87.2 cm³/mol. The highest BCUT2D eigenvalue weighted by atomic mass is 19.1. The van der Waals surface area contributed by atoms with Gasteiger partial charge in [-0.25, -0.2) is 4.39 Å². The van der Waals surface area contributed by atoms with E-state index in [-0.39, 0.29) is 11.9 Å². The van der Waals surface area contributed by atoms with Crippen molar-refractivity contribution in [2.45, 2.75) is 39.7 Å². The molecular formula is C19H24FN. The molecule has 0 aliphatic carbocycles. The van der Waals surface area contributed by atoms with Crippen LogP contribution < -0.4 is 5.32 Å². The van der Waals surface area contributed by atoms with Gasteiger partial charge in [0.2, 0.25) is 0 Å². The van der Waals surface area contributed by atoms with Crippen LogP contribution in [0, 0.1) is 12.7 Å². The molecule has 0 saturated carbocycles. The summed E-state index contributed by atoms with van der Waals surface area (Å²) in [5.41, 5.74) is 6.15. The minimum atomic E-state index is -0.179. The third-order valence-electron chi connectivity index (χ3n) is 4.16. The summed E-state index contributed by atoms with van der Waals surface area (Å²) in [7, 11) is 1.95. The van der Waals surface area contributed by atoms with Crippen LogP contribution in [0.2, 0.25) is 0 Å². The molecule has 0 saturated heterocycles. The molecule has 0 radical (unpaired) electrons. The fourth-order valence-corrected chi connectivity index (χ4v) is 2.96. The second-order valence-corrected chi connectivity index (χ2v) is 5.46. The third-order valence-corrected chi connectivity index (χ3v) is 4.16. The normalized spacial score (nSPS) is 12.4. The monoisotopic (exact) mass is 285 g/mol. The molecule has 0 spiro atoms. The number of benzene rings is 2. The van der Waals surface area contributed by atoms with Crippen molar-refractivity contribution in [3.63, 3.8) is 0 Å². The summed E-state index contributed by atoms with van der Waals surface area (Å²) in [5, 5.41) is 3.36. The van der Waals surface area contributed by atoms with E-state index < -0.39 is 0 Å². The van der Waals surface area contributed by atoms with E-state index in [0.717, 1.165) is 24.0 Å². The molecule has 1 nitrogen and oxygen atoms in total. The standard InChI is InChI=1S/C19H24FN/c1-5-14-7-8-16(12-15(14)6-2)19(21-4)18-10-9-17(20)11-13(18)3/h7-12,19,21H,5-6H2,1-4H3. The van der Waals surface area contributed by atoms with E-state index in [0.29, 0.717) is 0 Å². The maximum Gasteiger partial charge on any atom is 0.123 e. The maximum absolute atomic E-state index is 13.3. The molecule has 21 heavy (non-hydrogen) atoms. The second-order valence-electron chi connectivity index (χ2n) is 5.46. The fraction of sp³-hybridized carbons (Fsp3) is 0.368. The number of halogens is 1. The Balaban J connectivity index is 2.46. The molecule has 0 heterocycles. The van der Waals surface area contributed by atoms with Gasteiger partial charge in [-0.05, 0) is 66.8 Å². The van der Waals surface area contributed by atoms with Gasteiger partial charge in [0.15, 0.2) is 0 Å². The highest BCUT2D eigenvalue weighted by Crippen LogP contribution is 2.27. The summed E-state index contributed by atoms with van der Waals surface area (Å²) in [4.78, 5) is 0. The zero-order chi connectivity index (χ0) is 15.4. The smallest absolute Gasteiger partial charge is 0.123 e. The van der Waals surface area contributed by atoms with Crippen LogP contribution in [0.5, 0.6) is 0 Å². The van der Waals surface area contributed by atoms with E-state index in [4.69, 9.17) is 0 Å². The van der Waals surface area contributed by atoms with Crippen molar-refractivity contribution in [2.75, 3.05) is 7.05 Å². The molecule has 0 fully saturated rings. The Labute approximate surface area is 127 Å². The largest absolute Gasteiger partial charge is 0.309 e. The molecule has 1 N–H and O–H groups in total. The van der Waals surface area contributed by atoms with Gasteiger partial charge in [0, 0.05) is 0 Å². The van der Waals surface area contributed by atoms with E-state index in [2.05, 4.69) is 37.4 Å². The first-order valence-electron chi connectivity index (χ1n) is 7.65. The number of hydrogen-bond acceptors (Lipinski definition) is 1. The van der Waals surface area contributed by atoms with Crippen LogP contribution in [0.25, 0.3) is 0 Å². The average Bonchev–Trinajstić information content (AvgIpc) is 2.49. The summed E-state index contributed by atoms with van der Waals surface area (Å²) in [6.07, 6.45) is 2.10. The zero-order valence-corrected chi connectivity index (χ0v) is 13.3. The molecule has 0 bridgehead atoms. The molecule has 2 aromatic carbocycles. The van der Waals surface area contributed by atoms with E-state index in [1.165, 1.54) is 22.8 Å². The summed E-state index contributed by atoms with van der Waals surface area (Å²) < 4.78 is 13.3. The first-order chi connectivity index (χ1) is 10.1. The lowest BCUT2D eigenvalue weighted by Crippen LogP contribution is -2.19. The van der Waals surface area contributed by atoms with Crippen LogP contribution in [0.3, 0.4) is 0 Å². The average molecular weight is 285 g/mol. The Bertz CT molecular complexity index is 619. The number of aryl methyl sites for hydroxylation is 3. The molecule has 1 atom stereocenters. The minimum Gasteiger partial charge on any atom is -0.309 e. The molecule has 0 aromatic heterocycles. The zero-order valence-electron chi connectivity index (χ0n) is 13.3. The highest BCUT2D eigenvalue weighted by Gasteiger charge is 2.15. The Morgan fingerprint density at radius 3 is 2.29 bits per heavy atom. The number of nitrogens with one attached hydrogen (secondary N) is 1. The SMILES string of the molecule is CCc1ccc(C(NC)c2ccc(F)cc2C)cc1CC. The number of rotatable bonds is 5. The molecule has 0 aliphatic heterocycles. The predicted octanol–water partition coefficient (Wildman–Crippen LogP) is 4.57. The molecule has 2 rings (SSSR count). The van der Waals surface area contributed by atoms with E-state index in [1.54, 1.807) is 6.07 Å². The lowest BCUT2D eigenvalue weighted by atomic mass is 9.91. The van der Waals surface area contributed by atoms with Crippen molar-refractivity contribution in [2.24, 2.45) is 0 Å². The van der Waals surface area contributed by atoms with Crippen molar-refractivity contribution >= 4 is 0 Å². The maximum atomic E-state index is 13.3. The van der Waals surface area contributed by atoms with Gasteiger partial charge in [0.25, 0.3) is 0 Å². The summed E-state index contributed by atoms with van der Waals surface area (Å²) in [6.45, 7) is 6.34. The fourth-order valence-electron chi connectivity index (χ4n) is 2.96. The molecular weight excluding hydrogens is 261 g/mol. The van der Waals surface area contributed by atoms with Crippen molar-refractivity contribution in [1.29, 1.82) is 0 Å². The van der Waals surface area contributed by atoms with Gasteiger partial charge in [-0.3, -0.25) is 0 Å². The van der Waals surface area contributed by atoms with E-state index >= 15 is 0 Å². The van der Waals surface area contributed by atoms with E-state index in [1.807, 2.05) is 20.0 Å². The van der Waals surface area contributed by atoms with Crippen LogP contribution in [0.4, 0.5) is 4.39 Å². The van der Waals surface area contributed by atoms with E-state index in [9.17, 15) is 4.39 Å². The summed E-state index contributed by atoms with van der Waals surface area (Å²) in [5.74, 6) is -0.179.